The minimum atomic E-state index is 0.291. The average Bonchev–Trinajstić information content (AvgIpc) is 3.45. The van der Waals surface area contributed by atoms with E-state index in [1.165, 1.54) is 89.8 Å². The Morgan fingerprint density at radius 2 is 1.77 bits per heavy atom. The SMILES string of the molecule is CCCCC/C=C1\C=C(N2CCCC2)c2[nH]c3ccccc3c2C1c1ccc(C)cc1. The molecule has 3 aromatic rings. The van der Waals surface area contributed by atoms with E-state index in [0.717, 1.165) is 6.42 Å². The number of hydrogen-bond acceptors (Lipinski definition) is 1. The molecule has 1 aliphatic carbocycles. The van der Waals surface area contributed by atoms with Gasteiger partial charge in [-0.25, -0.2) is 0 Å². The van der Waals surface area contributed by atoms with Crippen LogP contribution in [0.4, 0.5) is 0 Å². The molecule has 0 bridgehead atoms. The predicted octanol–water partition coefficient (Wildman–Crippen LogP) is 7.57. The molecule has 0 saturated carbocycles. The molecule has 2 heterocycles. The van der Waals surface area contributed by atoms with E-state index in [4.69, 9.17) is 0 Å². The molecule has 5 rings (SSSR count). The zero-order valence-corrected chi connectivity index (χ0v) is 19.0. The first-order chi connectivity index (χ1) is 15.3. The predicted molar refractivity (Wildman–Crippen MR) is 132 cm³/mol. The summed E-state index contributed by atoms with van der Waals surface area (Å²) in [5.41, 5.74) is 9.63. The fourth-order valence-corrected chi connectivity index (χ4v) is 5.31. The van der Waals surface area contributed by atoms with Crippen molar-refractivity contribution in [2.75, 3.05) is 13.1 Å². The Kier molecular flexibility index (Phi) is 5.72. The van der Waals surface area contributed by atoms with Crippen LogP contribution < -0.4 is 0 Å². The first-order valence-corrected chi connectivity index (χ1v) is 12.1. The zero-order valence-electron chi connectivity index (χ0n) is 19.0. The molecular formula is C29H34N2. The molecule has 1 aliphatic heterocycles. The van der Waals surface area contributed by atoms with Crippen molar-refractivity contribution in [1.82, 2.24) is 9.88 Å². The van der Waals surface area contributed by atoms with Gasteiger partial charge in [-0.2, -0.15) is 0 Å². The Labute approximate surface area is 186 Å². The van der Waals surface area contributed by atoms with Crippen molar-refractivity contribution in [3.05, 3.63) is 88.6 Å². The van der Waals surface area contributed by atoms with Crippen LogP contribution in [0.2, 0.25) is 0 Å². The Balaban J connectivity index is 1.69. The van der Waals surface area contributed by atoms with Gasteiger partial charge in [-0.3, -0.25) is 0 Å². The minimum absolute atomic E-state index is 0.291. The quantitative estimate of drug-likeness (QED) is 0.415. The van der Waals surface area contributed by atoms with Gasteiger partial charge in [0.1, 0.15) is 0 Å². The lowest BCUT2D eigenvalue weighted by atomic mass is 9.78. The van der Waals surface area contributed by atoms with Gasteiger partial charge in [0.15, 0.2) is 0 Å². The van der Waals surface area contributed by atoms with Crippen molar-refractivity contribution in [2.45, 2.75) is 58.3 Å². The maximum absolute atomic E-state index is 3.81. The highest BCUT2D eigenvalue weighted by molar-refractivity contribution is 5.93. The first kappa shape index (κ1) is 20.2. The lowest BCUT2D eigenvalue weighted by Crippen LogP contribution is -2.22. The number of hydrogen-bond donors (Lipinski definition) is 1. The smallest absolute Gasteiger partial charge is 0.0671 e. The highest BCUT2D eigenvalue weighted by atomic mass is 15.2. The summed E-state index contributed by atoms with van der Waals surface area (Å²) >= 11 is 0. The van der Waals surface area contributed by atoms with Gasteiger partial charge in [-0.05, 0) is 61.4 Å². The monoisotopic (exact) mass is 410 g/mol. The van der Waals surface area contributed by atoms with Crippen molar-refractivity contribution in [3.8, 4) is 0 Å². The van der Waals surface area contributed by atoms with Gasteiger partial charge in [0.25, 0.3) is 0 Å². The molecular weight excluding hydrogens is 376 g/mol. The van der Waals surface area contributed by atoms with Crippen molar-refractivity contribution in [2.24, 2.45) is 0 Å². The molecule has 2 heteroatoms. The number of H-pyrrole nitrogens is 1. The van der Waals surface area contributed by atoms with Crippen molar-refractivity contribution in [3.63, 3.8) is 0 Å². The minimum Gasteiger partial charge on any atom is -0.370 e. The maximum Gasteiger partial charge on any atom is 0.0671 e. The highest BCUT2D eigenvalue weighted by Gasteiger charge is 2.33. The van der Waals surface area contributed by atoms with Gasteiger partial charge in [0.2, 0.25) is 0 Å². The molecule has 1 atom stereocenters. The van der Waals surface area contributed by atoms with E-state index in [-0.39, 0.29) is 0 Å². The number of para-hydroxylation sites is 1. The molecule has 1 unspecified atom stereocenters. The van der Waals surface area contributed by atoms with Crippen LogP contribution in [0.3, 0.4) is 0 Å². The van der Waals surface area contributed by atoms with Gasteiger partial charge >= 0.3 is 0 Å². The standard InChI is InChI=1S/C29H34N2/c1-3-4-5-6-11-23-20-26(31-18-9-10-19-31)29-28(24-12-7-8-13-25(24)30-29)27(23)22-16-14-21(2)15-17-22/h7-8,11-17,20,27,30H,3-6,9-10,18-19H2,1-2H3/b23-11+. The van der Waals surface area contributed by atoms with Gasteiger partial charge in [-0.15, -0.1) is 0 Å². The van der Waals surface area contributed by atoms with Gasteiger partial charge in [0.05, 0.1) is 11.4 Å². The second-order valence-electron chi connectivity index (χ2n) is 9.23. The fraction of sp³-hybridized carbons (Fsp3) is 0.379. The summed E-state index contributed by atoms with van der Waals surface area (Å²) in [4.78, 5) is 6.41. The molecule has 1 aromatic heterocycles. The van der Waals surface area contributed by atoms with Crippen LogP contribution in [0, 0.1) is 6.92 Å². The highest BCUT2D eigenvalue weighted by Crippen LogP contribution is 2.46. The number of benzene rings is 2. The van der Waals surface area contributed by atoms with E-state index < -0.39 is 0 Å². The van der Waals surface area contributed by atoms with Crippen LogP contribution in [-0.2, 0) is 0 Å². The first-order valence-electron chi connectivity index (χ1n) is 12.1. The number of aryl methyl sites for hydroxylation is 1. The summed E-state index contributed by atoms with van der Waals surface area (Å²) in [5.74, 6) is 0.291. The van der Waals surface area contributed by atoms with Crippen LogP contribution >= 0.6 is 0 Å². The molecule has 1 saturated heterocycles. The van der Waals surface area contributed by atoms with Gasteiger partial charge < -0.3 is 9.88 Å². The van der Waals surface area contributed by atoms with E-state index in [0.29, 0.717) is 5.92 Å². The Morgan fingerprint density at radius 1 is 1.00 bits per heavy atom. The van der Waals surface area contributed by atoms with E-state index in [9.17, 15) is 0 Å². The molecule has 0 radical (unpaired) electrons. The van der Waals surface area contributed by atoms with Gasteiger partial charge in [0, 0.05) is 29.9 Å². The summed E-state index contributed by atoms with van der Waals surface area (Å²) < 4.78 is 0. The molecule has 1 fully saturated rings. The largest absolute Gasteiger partial charge is 0.370 e. The molecule has 0 spiro atoms. The number of likely N-dealkylation sites (tertiary alicyclic amines) is 1. The number of nitrogens with one attached hydrogen (secondary N) is 1. The fourth-order valence-electron chi connectivity index (χ4n) is 5.31. The number of rotatable bonds is 6. The Bertz CT molecular complexity index is 1110. The number of aromatic amines is 1. The van der Waals surface area contributed by atoms with E-state index >= 15 is 0 Å². The van der Waals surface area contributed by atoms with Crippen LogP contribution in [0.15, 0.2) is 66.3 Å². The molecule has 2 aliphatic rings. The summed E-state index contributed by atoms with van der Waals surface area (Å²) in [7, 11) is 0. The molecule has 31 heavy (non-hydrogen) atoms. The zero-order chi connectivity index (χ0) is 21.2. The molecule has 1 N–H and O–H groups in total. The molecule has 2 aromatic carbocycles. The molecule has 0 amide bonds. The number of aromatic nitrogens is 1. The summed E-state index contributed by atoms with van der Waals surface area (Å²) in [5, 5.41) is 1.37. The topological polar surface area (TPSA) is 19.0 Å². The average molecular weight is 411 g/mol. The number of fused-ring (bicyclic) bond motifs is 3. The maximum atomic E-state index is 3.81. The van der Waals surface area contributed by atoms with Crippen LogP contribution in [0.1, 0.15) is 73.8 Å². The van der Waals surface area contributed by atoms with Gasteiger partial charge in [-0.1, -0.05) is 73.9 Å². The summed E-state index contributed by atoms with van der Waals surface area (Å²) in [6.07, 6.45) is 12.6. The normalized spacial score (nSPS) is 19.8. The summed E-state index contributed by atoms with van der Waals surface area (Å²) in [6.45, 7) is 6.79. The Hall–Kier alpha value is -2.74. The van der Waals surface area contributed by atoms with Crippen molar-refractivity contribution >= 4 is 16.6 Å². The third-order valence-electron chi connectivity index (χ3n) is 6.97. The van der Waals surface area contributed by atoms with Crippen molar-refractivity contribution < 1.29 is 0 Å². The number of nitrogens with zero attached hydrogens (tertiary/aromatic N) is 1. The summed E-state index contributed by atoms with van der Waals surface area (Å²) in [6, 6.07) is 18.0. The second kappa shape index (κ2) is 8.78. The van der Waals surface area contributed by atoms with E-state index in [2.05, 4.69) is 84.4 Å². The lowest BCUT2D eigenvalue weighted by Gasteiger charge is -2.31. The molecule has 2 nitrogen and oxygen atoms in total. The van der Waals surface area contributed by atoms with Crippen LogP contribution in [0.25, 0.3) is 16.6 Å². The molecule has 160 valence electrons. The van der Waals surface area contributed by atoms with Crippen LogP contribution in [0.5, 0.6) is 0 Å². The van der Waals surface area contributed by atoms with E-state index in [1.54, 1.807) is 0 Å². The van der Waals surface area contributed by atoms with E-state index in [1.807, 2.05) is 0 Å². The van der Waals surface area contributed by atoms with Crippen LogP contribution in [-0.4, -0.2) is 23.0 Å². The number of allylic oxidation sites excluding steroid dienone is 3. The second-order valence-corrected chi connectivity index (χ2v) is 9.23. The lowest BCUT2D eigenvalue weighted by molar-refractivity contribution is 0.489. The van der Waals surface area contributed by atoms with Crippen molar-refractivity contribution in [1.29, 1.82) is 0 Å². The number of unbranched alkanes of at least 4 members (excludes halogenated alkanes) is 3. The Morgan fingerprint density at radius 3 is 2.55 bits per heavy atom. The third-order valence-corrected chi connectivity index (χ3v) is 6.97. The third kappa shape index (κ3) is 3.84.